The van der Waals surface area contributed by atoms with Gasteiger partial charge in [0.2, 0.25) is 0 Å². The Kier molecular flexibility index (Phi) is 4.48. The fraction of sp³-hybridized carbons (Fsp3) is 0.130. The summed E-state index contributed by atoms with van der Waals surface area (Å²) >= 11 is 0. The lowest BCUT2D eigenvalue weighted by Gasteiger charge is -2.37. The third kappa shape index (κ3) is 3.10. The molecule has 2 aromatic carbocycles. The zero-order valence-corrected chi connectivity index (χ0v) is 16.3. The quantitative estimate of drug-likeness (QED) is 0.517. The summed E-state index contributed by atoms with van der Waals surface area (Å²) in [6.45, 7) is 0.338. The molecule has 1 unspecified atom stereocenters. The monoisotopic (exact) mass is 400 g/mol. The number of nitrogens with one attached hydrogen (secondary N) is 2. The van der Waals surface area contributed by atoms with E-state index in [4.69, 9.17) is 9.15 Å². The number of aromatic amines is 1. The number of hydrogen-bond acceptors (Lipinski definition) is 5. The van der Waals surface area contributed by atoms with E-state index >= 15 is 0 Å². The summed E-state index contributed by atoms with van der Waals surface area (Å²) in [5.41, 5.74) is 4.09. The highest BCUT2D eigenvalue weighted by Gasteiger charge is 2.35. The summed E-state index contributed by atoms with van der Waals surface area (Å²) < 4.78 is 10.8. The normalized spacial score (nSPS) is 15.6. The Morgan fingerprint density at radius 3 is 2.70 bits per heavy atom. The number of amides is 1. The number of H-pyrrole nitrogens is 1. The number of furan rings is 1. The zero-order chi connectivity index (χ0) is 20.5. The zero-order valence-electron chi connectivity index (χ0n) is 16.3. The lowest BCUT2D eigenvalue weighted by molar-refractivity contribution is 0.0652. The largest absolute Gasteiger partial charge is 0.497 e. The van der Waals surface area contributed by atoms with Crippen molar-refractivity contribution >= 4 is 11.6 Å². The van der Waals surface area contributed by atoms with E-state index < -0.39 is 6.17 Å². The van der Waals surface area contributed by atoms with Crippen molar-refractivity contribution in [2.45, 2.75) is 12.7 Å². The molecule has 1 amide bonds. The molecule has 0 radical (unpaired) electrons. The van der Waals surface area contributed by atoms with Gasteiger partial charge in [0.05, 0.1) is 37.4 Å². The van der Waals surface area contributed by atoms with Crippen LogP contribution in [0.25, 0.3) is 11.3 Å². The summed E-state index contributed by atoms with van der Waals surface area (Å²) in [7, 11) is 1.64. The molecule has 0 saturated heterocycles. The number of aromatic nitrogens is 2. The molecule has 30 heavy (non-hydrogen) atoms. The highest BCUT2D eigenvalue weighted by Crippen LogP contribution is 2.37. The van der Waals surface area contributed by atoms with Crippen LogP contribution in [0.5, 0.6) is 5.75 Å². The number of hydrogen-bond donors (Lipinski definition) is 2. The van der Waals surface area contributed by atoms with Gasteiger partial charge in [0.1, 0.15) is 17.7 Å². The number of rotatable bonds is 5. The summed E-state index contributed by atoms with van der Waals surface area (Å²) in [5.74, 6) is 1.43. The van der Waals surface area contributed by atoms with Crippen molar-refractivity contribution in [2.24, 2.45) is 0 Å². The minimum absolute atomic E-state index is 0.0624. The van der Waals surface area contributed by atoms with Gasteiger partial charge in [0.25, 0.3) is 5.91 Å². The molecule has 4 aromatic rings. The lowest BCUT2D eigenvalue weighted by atomic mass is 10.0. The fourth-order valence-electron chi connectivity index (χ4n) is 3.76. The number of ether oxygens (including phenoxy) is 1. The van der Waals surface area contributed by atoms with Crippen LogP contribution < -0.4 is 10.1 Å². The number of benzene rings is 2. The predicted molar refractivity (Wildman–Crippen MR) is 112 cm³/mol. The van der Waals surface area contributed by atoms with Gasteiger partial charge in [0, 0.05) is 16.8 Å². The maximum atomic E-state index is 13.4. The molecule has 2 N–H and O–H groups in total. The molecule has 0 spiro atoms. The first-order chi connectivity index (χ1) is 14.7. The molecule has 5 rings (SSSR count). The van der Waals surface area contributed by atoms with E-state index in [1.807, 2.05) is 60.7 Å². The van der Waals surface area contributed by atoms with E-state index in [-0.39, 0.29) is 5.91 Å². The van der Waals surface area contributed by atoms with Crippen molar-refractivity contribution in [2.75, 3.05) is 12.4 Å². The topological polar surface area (TPSA) is 83.4 Å². The Labute approximate surface area is 173 Å². The van der Waals surface area contributed by atoms with E-state index in [1.165, 1.54) is 0 Å². The van der Waals surface area contributed by atoms with E-state index in [9.17, 15) is 4.79 Å². The number of carbonyl (C=O) groups is 1. The summed E-state index contributed by atoms with van der Waals surface area (Å²) in [5, 5.41) is 10.9. The molecular weight excluding hydrogens is 380 g/mol. The van der Waals surface area contributed by atoms with Crippen LogP contribution in [-0.2, 0) is 6.54 Å². The predicted octanol–water partition coefficient (Wildman–Crippen LogP) is 4.45. The number of anilines is 1. The molecule has 1 aliphatic rings. The highest BCUT2D eigenvalue weighted by atomic mass is 16.5. The van der Waals surface area contributed by atoms with Crippen LogP contribution in [0.3, 0.4) is 0 Å². The number of nitrogens with zero attached hydrogens (tertiary/aromatic N) is 2. The average molecular weight is 400 g/mol. The van der Waals surface area contributed by atoms with Crippen LogP contribution in [0.4, 0.5) is 5.69 Å². The Morgan fingerprint density at radius 2 is 1.93 bits per heavy atom. The van der Waals surface area contributed by atoms with Gasteiger partial charge in [-0.3, -0.25) is 9.89 Å². The van der Waals surface area contributed by atoms with E-state index in [2.05, 4.69) is 15.5 Å². The Bertz CT molecular complexity index is 1170. The first kappa shape index (κ1) is 18.1. The van der Waals surface area contributed by atoms with Gasteiger partial charge in [-0.05, 0) is 48.5 Å². The van der Waals surface area contributed by atoms with Crippen molar-refractivity contribution in [1.29, 1.82) is 0 Å². The molecule has 0 aliphatic carbocycles. The van der Waals surface area contributed by atoms with Gasteiger partial charge in [-0.1, -0.05) is 12.1 Å². The Hall–Kier alpha value is -4.00. The average Bonchev–Trinajstić information content (AvgIpc) is 3.48. The second kappa shape index (κ2) is 7.44. The van der Waals surface area contributed by atoms with Gasteiger partial charge in [-0.2, -0.15) is 5.10 Å². The van der Waals surface area contributed by atoms with Gasteiger partial charge in [-0.25, -0.2) is 0 Å². The van der Waals surface area contributed by atoms with Gasteiger partial charge in [-0.15, -0.1) is 0 Å². The van der Waals surface area contributed by atoms with Gasteiger partial charge < -0.3 is 19.4 Å². The molecule has 7 heteroatoms. The van der Waals surface area contributed by atoms with Crippen molar-refractivity contribution in [3.8, 4) is 17.0 Å². The smallest absolute Gasteiger partial charge is 0.258 e. The van der Waals surface area contributed by atoms with Crippen LogP contribution >= 0.6 is 0 Å². The lowest BCUT2D eigenvalue weighted by Crippen LogP contribution is -2.42. The van der Waals surface area contributed by atoms with Crippen LogP contribution in [0.2, 0.25) is 0 Å². The maximum absolute atomic E-state index is 13.4. The molecule has 150 valence electrons. The van der Waals surface area contributed by atoms with Gasteiger partial charge >= 0.3 is 0 Å². The summed E-state index contributed by atoms with van der Waals surface area (Å²) in [6, 6.07) is 18.9. The minimum Gasteiger partial charge on any atom is -0.497 e. The minimum atomic E-state index is -0.409. The summed E-state index contributed by atoms with van der Waals surface area (Å²) in [4.78, 5) is 15.1. The third-order valence-corrected chi connectivity index (χ3v) is 5.27. The van der Waals surface area contributed by atoms with Crippen LogP contribution in [0.1, 0.15) is 27.8 Å². The van der Waals surface area contributed by atoms with Crippen molar-refractivity contribution in [3.05, 3.63) is 90.0 Å². The number of methoxy groups -OCH3 is 1. The van der Waals surface area contributed by atoms with Crippen LogP contribution in [-0.4, -0.2) is 28.1 Å². The third-order valence-electron chi connectivity index (χ3n) is 5.27. The fourth-order valence-corrected chi connectivity index (χ4v) is 3.76. The number of carbonyl (C=O) groups excluding carboxylic acids is 1. The molecule has 7 nitrogen and oxygen atoms in total. The molecule has 3 heterocycles. The standard InChI is InChI=1S/C23H20N4O3/c1-29-16-10-8-15(9-11-16)21-19(13-24-26-21)22-25-20-7-3-2-6-18(20)23(28)27(22)14-17-5-4-12-30-17/h2-13,22,25H,14H2,1H3,(H,24,26). The first-order valence-electron chi connectivity index (χ1n) is 9.61. The number of para-hydroxylation sites is 1. The molecule has 0 saturated carbocycles. The maximum Gasteiger partial charge on any atom is 0.258 e. The second-order valence-electron chi connectivity index (χ2n) is 7.03. The molecule has 0 fully saturated rings. The van der Waals surface area contributed by atoms with Crippen LogP contribution in [0.15, 0.2) is 77.5 Å². The van der Waals surface area contributed by atoms with Crippen molar-refractivity contribution in [3.63, 3.8) is 0 Å². The second-order valence-corrected chi connectivity index (χ2v) is 7.03. The van der Waals surface area contributed by atoms with E-state index in [1.54, 1.807) is 24.5 Å². The molecule has 1 atom stereocenters. The molecule has 1 aliphatic heterocycles. The Morgan fingerprint density at radius 1 is 1.10 bits per heavy atom. The highest BCUT2D eigenvalue weighted by molar-refractivity contribution is 6.01. The summed E-state index contributed by atoms with van der Waals surface area (Å²) in [6.07, 6.45) is 2.96. The molecular formula is C23H20N4O3. The Balaban J connectivity index is 1.57. The first-order valence-corrected chi connectivity index (χ1v) is 9.61. The molecule has 0 bridgehead atoms. The van der Waals surface area contributed by atoms with E-state index in [0.29, 0.717) is 17.9 Å². The van der Waals surface area contributed by atoms with Crippen molar-refractivity contribution < 1.29 is 13.9 Å². The van der Waals surface area contributed by atoms with E-state index in [0.717, 1.165) is 28.3 Å². The van der Waals surface area contributed by atoms with Crippen molar-refractivity contribution in [1.82, 2.24) is 15.1 Å². The van der Waals surface area contributed by atoms with Gasteiger partial charge in [0.15, 0.2) is 0 Å². The molecule has 2 aromatic heterocycles. The number of fused-ring (bicyclic) bond motifs is 1. The SMILES string of the molecule is COc1ccc(-c2[nH]ncc2C2Nc3ccccc3C(=O)N2Cc2ccco2)cc1. The van der Waals surface area contributed by atoms with Crippen LogP contribution in [0, 0.1) is 0 Å².